The third-order valence-corrected chi connectivity index (χ3v) is 4.13. The number of rotatable bonds is 2. The number of pyridine rings is 1. The SMILES string of the molecule is Cc1nccc2ccc(C3(C(=O)O)CCC3)cc12. The van der Waals surface area contributed by atoms with Crippen LogP contribution < -0.4 is 0 Å². The van der Waals surface area contributed by atoms with Crippen molar-refractivity contribution in [3.8, 4) is 0 Å². The van der Waals surface area contributed by atoms with Crippen LogP contribution in [0.4, 0.5) is 0 Å². The fourth-order valence-electron chi connectivity index (χ4n) is 2.77. The number of carbonyl (C=O) groups is 1. The minimum atomic E-state index is -0.699. The molecule has 18 heavy (non-hydrogen) atoms. The van der Waals surface area contributed by atoms with Crippen molar-refractivity contribution in [3.63, 3.8) is 0 Å². The molecule has 1 aliphatic carbocycles. The fraction of sp³-hybridized carbons (Fsp3) is 0.333. The average Bonchev–Trinajstić information content (AvgIpc) is 2.28. The summed E-state index contributed by atoms with van der Waals surface area (Å²) in [4.78, 5) is 15.8. The van der Waals surface area contributed by atoms with Crippen LogP contribution in [-0.4, -0.2) is 16.1 Å². The topological polar surface area (TPSA) is 50.2 Å². The molecular formula is C15H15NO2. The molecule has 3 rings (SSSR count). The number of aliphatic carboxylic acids is 1. The molecule has 1 saturated carbocycles. The predicted octanol–water partition coefficient (Wildman–Crippen LogP) is 3.05. The second-order valence-corrected chi connectivity index (χ2v) is 5.07. The van der Waals surface area contributed by atoms with Crippen molar-refractivity contribution in [1.82, 2.24) is 4.98 Å². The summed E-state index contributed by atoms with van der Waals surface area (Å²) in [5.74, 6) is -0.699. The number of fused-ring (bicyclic) bond motifs is 1. The van der Waals surface area contributed by atoms with E-state index in [0.29, 0.717) is 0 Å². The molecule has 1 fully saturated rings. The first kappa shape index (κ1) is 11.2. The quantitative estimate of drug-likeness (QED) is 0.879. The standard InChI is InChI=1S/C15H15NO2/c1-10-13-9-12(4-3-11(13)5-8-16-10)15(14(17)18)6-2-7-15/h3-5,8-9H,2,6-7H2,1H3,(H,17,18). The van der Waals surface area contributed by atoms with Crippen molar-refractivity contribution in [2.24, 2.45) is 0 Å². The van der Waals surface area contributed by atoms with Crippen LogP contribution >= 0.6 is 0 Å². The summed E-state index contributed by atoms with van der Waals surface area (Å²) >= 11 is 0. The number of aryl methyl sites for hydroxylation is 1. The van der Waals surface area contributed by atoms with Crippen LogP contribution in [0.5, 0.6) is 0 Å². The summed E-state index contributed by atoms with van der Waals surface area (Å²) in [6.07, 6.45) is 4.27. The molecule has 1 N–H and O–H groups in total. The minimum Gasteiger partial charge on any atom is -0.481 e. The summed E-state index contributed by atoms with van der Waals surface area (Å²) in [5.41, 5.74) is 1.22. The number of hydrogen-bond donors (Lipinski definition) is 1. The Hall–Kier alpha value is -1.90. The van der Waals surface area contributed by atoms with E-state index in [1.807, 2.05) is 31.2 Å². The van der Waals surface area contributed by atoms with Gasteiger partial charge in [-0.05, 0) is 42.8 Å². The maximum atomic E-state index is 11.5. The van der Waals surface area contributed by atoms with Gasteiger partial charge >= 0.3 is 5.97 Å². The Morgan fingerprint density at radius 3 is 2.72 bits per heavy atom. The number of nitrogens with zero attached hydrogens (tertiary/aromatic N) is 1. The summed E-state index contributed by atoms with van der Waals surface area (Å²) in [7, 11) is 0. The number of carboxylic acid groups (broad SMARTS) is 1. The van der Waals surface area contributed by atoms with E-state index in [1.54, 1.807) is 6.20 Å². The Kier molecular flexibility index (Phi) is 2.37. The zero-order chi connectivity index (χ0) is 12.8. The van der Waals surface area contributed by atoms with E-state index in [0.717, 1.165) is 41.3 Å². The van der Waals surface area contributed by atoms with Crippen LogP contribution in [0, 0.1) is 6.92 Å². The highest BCUT2D eigenvalue weighted by Crippen LogP contribution is 2.44. The first-order valence-electron chi connectivity index (χ1n) is 6.23. The van der Waals surface area contributed by atoms with Crippen molar-refractivity contribution in [2.45, 2.75) is 31.6 Å². The minimum absolute atomic E-state index is 0.656. The van der Waals surface area contributed by atoms with E-state index >= 15 is 0 Å². The number of carboxylic acids is 1. The lowest BCUT2D eigenvalue weighted by Crippen LogP contribution is -2.42. The van der Waals surface area contributed by atoms with E-state index in [2.05, 4.69) is 4.98 Å². The smallest absolute Gasteiger partial charge is 0.314 e. The number of aromatic nitrogens is 1. The van der Waals surface area contributed by atoms with Gasteiger partial charge in [-0.25, -0.2) is 0 Å². The molecule has 1 aliphatic rings. The van der Waals surface area contributed by atoms with Gasteiger partial charge in [0.05, 0.1) is 5.41 Å². The van der Waals surface area contributed by atoms with Gasteiger partial charge in [0.2, 0.25) is 0 Å². The maximum absolute atomic E-state index is 11.5. The largest absolute Gasteiger partial charge is 0.481 e. The highest BCUT2D eigenvalue weighted by Gasteiger charge is 2.45. The Balaban J connectivity index is 2.19. The molecule has 1 aromatic carbocycles. The zero-order valence-electron chi connectivity index (χ0n) is 10.3. The van der Waals surface area contributed by atoms with Crippen LogP contribution in [-0.2, 0) is 10.2 Å². The lowest BCUT2D eigenvalue weighted by molar-refractivity contribution is -0.147. The number of hydrogen-bond acceptors (Lipinski definition) is 2. The Morgan fingerprint density at radius 2 is 2.11 bits per heavy atom. The van der Waals surface area contributed by atoms with Crippen molar-refractivity contribution in [2.75, 3.05) is 0 Å². The predicted molar refractivity (Wildman–Crippen MR) is 69.6 cm³/mol. The van der Waals surface area contributed by atoms with Crippen LogP contribution in [0.15, 0.2) is 30.5 Å². The van der Waals surface area contributed by atoms with E-state index in [9.17, 15) is 9.90 Å². The molecule has 0 saturated heterocycles. The second-order valence-electron chi connectivity index (χ2n) is 5.07. The molecular weight excluding hydrogens is 226 g/mol. The van der Waals surface area contributed by atoms with Crippen molar-refractivity contribution >= 4 is 16.7 Å². The molecule has 92 valence electrons. The molecule has 1 heterocycles. The Morgan fingerprint density at radius 1 is 1.33 bits per heavy atom. The summed E-state index contributed by atoms with van der Waals surface area (Å²) in [6.45, 7) is 1.96. The number of benzene rings is 1. The first-order valence-corrected chi connectivity index (χ1v) is 6.23. The van der Waals surface area contributed by atoms with Gasteiger partial charge in [0.15, 0.2) is 0 Å². The van der Waals surface area contributed by atoms with Gasteiger partial charge in [0, 0.05) is 17.3 Å². The average molecular weight is 241 g/mol. The van der Waals surface area contributed by atoms with Gasteiger partial charge in [-0.15, -0.1) is 0 Å². The highest BCUT2D eigenvalue weighted by molar-refractivity contribution is 5.89. The van der Waals surface area contributed by atoms with Crippen molar-refractivity contribution in [1.29, 1.82) is 0 Å². The van der Waals surface area contributed by atoms with Crippen LogP contribution in [0.1, 0.15) is 30.5 Å². The zero-order valence-corrected chi connectivity index (χ0v) is 10.3. The van der Waals surface area contributed by atoms with Gasteiger partial charge in [-0.2, -0.15) is 0 Å². The van der Waals surface area contributed by atoms with E-state index in [1.165, 1.54) is 0 Å². The van der Waals surface area contributed by atoms with Crippen molar-refractivity contribution < 1.29 is 9.90 Å². The lowest BCUT2D eigenvalue weighted by atomic mass is 9.64. The molecule has 0 aliphatic heterocycles. The van der Waals surface area contributed by atoms with Crippen LogP contribution in [0.2, 0.25) is 0 Å². The first-order chi connectivity index (χ1) is 8.63. The molecule has 0 unspecified atom stereocenters. The summed E-state index contributed by atoms with van der Waals surface area (Å²) in [6, 6.07) is 7.92. The third-order valence-electron chi connectivity index (χ3n) is 4.13. The second kappa shape index (κ2) is 3.80. The highest BCUT2D eigenvalue weighted by atomic mass is 16.4. The fourth-order valence-corrected chi connectivity index (χ4v) is 2.77. The lowest BCUT2D eigenvalue weighted by Gasteiger charge is -2.38. The van der Waals surface area contributed by atoms with Crippen LogP contribution in [0.25, 0.3) is 10.8 Å². The van der Waals surface area contributed by atoms with Gasteiger partial charge in [0.25, 0.3) is 0 Å². The Labute approximate surface area is 105 Å². The van der Waals surface area contributed by atoms with Gasteiger partial charge in [-0.3, -0.25) is 9.78 Å². The molecule has 0 radical (unpaired) electrons. The van der Waals surface area contributed by atoms with Crippen LogP contribution in [0.3, 0.4) is 0 Å². The van der Waals surface area contributed by atoms with Crippen molar-refractivity contribution in [3.05, 3.63) is 41.7 Å². The van der Waals surface area contributed by atoms with E-state index < -0.39 is 11.4 Å². The molecule has 0 amide bonds. The summed E-state index contributed by atoms with van der Waals surface area (Å²) in [5, 5.41) is 11.6. The van der Waals surface area contributed by atoms with Gasteiger partial charge < -0.3 is 5.11 Å². The monoisotopic (exact) mass is 241 g/mol. The van der Waals surface area contributed by atoms with E-state index in [-0.39, 0.29) is 0 Å². The molecule has 0 bridgehead atoms. The Bertz CT molecular complexity index is 629. The van der Waals surface area contributed by atoms with E-state index in [4.69, 9.17) is 0 Å². The molecule has 2 aromatic rings. The third kappa shape index (κ3) is 1.43. The molecule has 3 heteroatoms. The molecule has 0 spiro atoms. The molecule has 1 aromatic heterocycles. The molecule has 0 atom stereocenters. The van der Waals surface area contributed by atoms with Gasteiger partial charge in [0.1, 0.15) is 0 Å². The normalized spacial score (nSPS) is 17.4. The molecule has 3 nitrogen and oxygen atoms in total. The van der Waals surface area contributed by atoms with Gasteiger partial charge in [-0.1, -0.05) is 18.6 Å². The summed E-state index contributed by atoms with van der Waals surface area (Å²) < 4.78 is 0. The maximum Gasteiger partial charge on any atom is 0.314 e.